The van der Waals surface area contributed by atoms with Crippen LogP contribution in [-0.2, 0) is 16.1 Å². The van der Waals surface area contributed by atoms with Gasteiger partial charge in [0, 0.05) is 19.4 Å². The zero-order valence-corrected chi connectivity index (χ0v) is 15.1. The first kappa shape index (κ1) is 19.4. The molecule has 0 heterocycles. The van der Waals surface area contributed by atoms with E-state index in [0.717, 1.165) is 29.7 Å². The SMILES string of the molecule is CCCC(=NNC(=O)CCC(=O)NCc1ccccc1)c1ccccc1. The van der Waals surface area contributed by atoms with Gasteiger partial charge in [0.25, 0.3) is 0 Å². The molecule has 5 heteroatoms. The Balaban J connectivity index is 1.77. The van der Waals surface area contributed by atoms with Crippen LogP contribution >= 0.6 is 0 Å². The molecule has 0 aliphatic rings. The molecule has 0 aliphatic heterocycles. The first-order valence-electron chi connectivity index (χ1n) is 8.90. The van der Waals surface area contributed by atoms with Gasteiger partial charge >= 0.3 is 0 Å². The number of hydrogen-bond acceptors (Lipinski definition) is 3. The van der Waals surface area contributed by atoms with Gasteiger partial charge in [-0.2, -0.15) is 5.10 Å². The number of rotatable bonds is 9. The summed E-state index contributed by atoms with van der Waals surface area (Å²) in [6, 6.07) is 19.4. The van der Waals surface area contributed by atoms with Crippen molar-refractivity contribution in [3.63, 3.8) is 0 Å². The summed E-state index contributed by atoms with van der Waals surface area (Å²) in [7, 11) is 0. The van der Waals surface area contributed by atoms with E-state index in [9.17, 15) is 9.59 Å². The smallest absolute Gasteiger partial charge is 0.240 e. The molecule has 136 valence electrons. The van der Waals surface area contributed by atoms with E-state index in [-0.39, 0.29) is 24.7 Å². The van der Waals surface area contributed by atoms with Crippen LogP contribution in [0.15, 0.2) is 65.8 Å². The zero-order chi connectivity index (χ0) is 18.6. The van der Waals surface area contributed by atoms with Gasteiger partial charge in [-0.05, 0) is 17.5 Å². The lowest BCUT2D eigenvalue weighted by Crippen LogP contribution is -2.26. The molecule has 2 amide bonds. The monoisotopic (exact) mass is 351 g/mol. The average Bonchev–Trinajstić information content (AvgIpc) is 2.69. The van der Waals surface area contributed by atoms with Crippen LogP contribution < -0.4 is 10.7 Å². The van der Waals surface area contributed by atoms with Gasteiger partial charge in [-0.15, -0.1) is 0 Å². The molecule has 5 nitrogen and oxygen atoms in total. The predicted molar refractivity (Wildman–Crippen MR) is 104 cm³/mol. The number of carbonyl (C=O) groups is 2. The molecular formula is C21H25N3O2. The van der Waals surface area contributed by atoms with Gasteiger partial charge in [0.05, 0.1) is 5.71 Å². The summed E-state index contributed by atoms with van der Waals surface area (Å²) in [6.45, 7) is 2.53. The summed E-state index contributed by atoms with van der Waals surface area (Å²) < 4.78 is 0. The molecule has 0 saturated heterocycles. The van der Waals surface area contributed by atoms with Crippen molar-refractivity contribution in [3.05, 3.63) is 71.8 Å². The van der Waals surface area contributed by atoms with Crippen LogP contribution in [0.1, 0.15) is 43.7 Å². The van der Waals surface area contributed by atoms with Gasteiger partial charge in [-0.3, -0.25) is 9.59 Å². The lowest BCUT2D eigenvalue weighted by atomic mass is 10.1. The Hall–Kier alpha value is -2.95. The molecule has 0 atom stereocenters. The number of nitrogens with zero attached hydrogens (tertiary/aromatic N) is 1. The predicted octanol–water partition coefficient (Wildman–Crippen LogP) is 3.40. The van der Waals surface area contributed by atoms with E-state index in [1.54, 1.807) is 0 Å². The Morgan fingerprint density at radius 2 is 1.46 bits per heavy atom. The topological polar surface area (TPSA) is 70.6 Å². The number of nitrogens with one attached hydrogen (secondary N) is 2. The van der Waals surface area contributed by atoms with E-state index in [1.807, 2.05) is 60.7 Å². The highest BCUT2D eigenvalue weighted by Gasteiger charge is 2.08. The Morgan fingerprint density at radius 3 is 2.12 bits per heavy atom. The van der Waals surface area contributed by atoms with Crippen molar-refractivity contribution < 1.29 is 9.59 Å². The molecule has 2 N–H and O–H groups in total. The van der Waals surface area contributed by atoms with Crippen LogP contribution in [0.25, 0.3) is 0 Å². The highest BCUT2D eigenvalue weighted by Crippen LogP contribution is 2.06. The normalized spacial score (nSPS) is 11.0. The van der Waals surface area contributed by atoms with Crippen LogP contribution in [0.5, 0.6) is 0 Å². The minimum absolute atomic E-state index is 0.109. The molecule has 0 bridgehead atoms. The van der Waals surface area contributed by atoms with Crippen LogP contribution in [0.3, 0.4) is 0 Å². The fourth-order valence-electron chi connectivity index (χ4n) is 2.43. The van der Waals surface area contributed by atoms with Crippen molar-refractivity contribution in [2.24, 2.45) is 5.10 Å². The minimum atomic E-state index is -0.260. The summed E-state index contributed by atoms with van der Waals surface area (Å²) in [6.07, 6.45) is 1.97. The Labute approximate surface area is 154 Å². The fourth-order valence-corrected chi connectivity index (χ4v) is 2.43. The molecule has 0 radical (unpaired) electrons. The standard InChI is InChI=1S/C21H25N3O2/c1-2-9-19(18-12-7-4-8-13-18)23-24-21(26)15-14-20(25)22-16-17-10-5-3-6-11-17/h3-8,10-13H,2,9,14-16H2,1H3,(H,22,25)(H,24,26). The average molecular weight is 351 g/mol. The van der Waals surface area contributed by atoms with Crippen molar-refractivity contribution in [1.29, 1.82) is 0 Å². The van der Waals surface area contributed by atoms with Crippen LogP contribution in [-0.4, -0.2) is 17.5 Å². The van der Waals surface area contributed by atoms with Crippen molar-refractivity contribution >= 4 is 17.5 Å². The molecule has 0 fully saturated rings. The first-order valence-corrected chi connectivity index (χ1v) is 8.90. The van der Waals surface area contributed by atoms with Crippen molar-refractivity contribution in [2.75, 3.05) is 0 Å². The van der Waals surface area contributed by atoms with E-state index in [2.05, 4.69) is 22.8 Å². The molecule has 2 rings (SSSR count). The number of carbonyl (C=O) groups excluding carboxylic acids is 2. The second-order valence-corrected chi connectivity index (χ2v) is 5.97. The second-order valence-electron chi connectivity index (χ2n) is 5.97. The maximum atomic E-state index is 12.0. The number of amides is 2. The van der Waals surface area contributed by atoms with E-state index >= 15 is 0 Å². The Bertz CT molecular complexity index is 727. The fraction of sp³-hybridized carbons (Fsp3) is 0.286. The van der Waals surface area contributed by atoms with Crippen LogP contribution in [0.2, 0.25) is 0 Å². The van der Waals surface area contributed by atoms with E-state index < -0.39 is 0 Å². The third-order valence-corrected chi connectivity index (χ3v) is 3.82. The van der Waals surface area contributed by atoms with Gasteiger partial charge < -0.3 is 5.32 Å². The zero-order valence-electron chi connectivity index (χ0n) is 15.1. The summed E-state index contributed by atoms with van der Waals surface area (Å²) >= 11 is 0. The second kappa shape index (κ2) is 10.8. The third-order valence-electron chi connectivity index (χ3n) is 3.82. The summed E-state index contributed by atoms with van der Waals surface area (Å²) in [4.78, 5) is 23.8. The Morgan fingerprint density at radius 1 is 0.846 bits per heavy atom. The largest absolute Gasteiger partial charge is 0.352 e. The molecular weight excluding hydrogens is 326 g/mol. The van der Waals surface area contributed by atoms with Crippen LogP contribution in [0.4, 0.5) is 0 Å². The van der Waals surface area contributed by atoms with Gasteiger partial charge in [0.15, 0.2) is 0 Å². The molecule has 0 aromatic heterocycles. The molecule has 0 spiro atoms. The van der Waals surface area contributed by atoms with Gasteiger partial charge in [0.1, 0.15) is 0 Å². The first-order chi connectivity index (χ1) is 12.7. The Kier molecular flexibility index (Phi) is 8.06. The lowest BCUT2D eigenvalue weighted by molar-refractivity contribution is -0.126. The molecule has 0 saturated carbocycles. The maximum absolute atomic E-state index is 12.0. The van der Waals surface area contributed by atoms with Crippen molar-refractivity contribution in [2.45, 2.75) is 39.2 Å². The van der Waals surface area contributed by atoms with Crippen molar-refractivity contribution in [3.8, 4) is 0 Å². The van der Waals surface area contributed by atoms with Gasteiger partial charge in [0.2, 0.25) is 11.8 Å². The highest BCUT2D eigenvalue weighted by atomic mass is 16.2. The van der Waals surface area contributed by atoms with Gasteiger partial charge in [-0.1, -0.05) is 74.0 Å². The number of hydrogen-bond donors (Lipinski definition) is 2. The van der Waals surface area contributed by atoms with E-state index in [1.165, 1.54) is 0 Å². The van der Waals surface area contributed by atoms with Gasteiger partial charge in [-0.25, -0.2) is 5.43 Å². The van der Waals surface area contributed by atoms with E-state index in [4.69, 9.17) is 0 Å². The minimum Gasteiger partial charge on any atom is -0.352 e. The maximum Gasteiger partial charge on any atom is 0.240 e. The molecule has 26 heavy (non-hydrogen) atoms. The molecule has 0 unspecified atom stereocenters. The van der Waals surface area contributed by atoms with Crippen LogP contribution in [0, 0.1) is 0 Å². The summed E-state index contributed by atoms with van der Waals surface area (Å²) in [5, 5.41) is 7.05. The number of benzene rings is 2. The van der Waals surface area contributed by atoms with E-state index in [0.29, 0.717) is 6.54 Å². The van der Waals surface area contributed by atoms with Crippen molar-refractivity contribution in [1.82, 2.24) is 10.7 Å². The summed E-state index contributed by atoms with van der Waals surface area (Å²) in [5.41, 5.74) is 5.43. The number of hydrazone groups is 1. The highest BCUT2D eigenvalue weighted by molar-refractivity contribution is 6.01. The summed E-state index contributed by atoms with van der Waals surface area (Å²) in [5.74, 6) is -0.408. The molecule has 2 aromatic carbocycles. The third kappa shape index (κ3) is 6.89. The molecule has 2 aromatic rings. The molecule has 0 aliphatic carbocycles. The lowest BCUT2D eigenvalue weighted by Gasteiger charge is -2.07. The quantitative estimate of drug-likeness (QED) is 0.537.